The molecule has 0 aliphatic carbocycles. The van der Waals surface area contributed by atoms with Crippen molar-refractivity contribution in [1.29, 1.82) is 0 Å². The molecule has 2 aromatic rings. The molecule has 23 heavy (non-hydrogen) atoms. The van der Waals surface area contributed by atoms with Crippen molar-refractivity contribution in [2.24, 2.45) is 0 Å². The van der Waals surface area contributed by atoms with Gasteiger partial charge in [-0.1, -0.05) is 31.2 Å². The highest BCUT2D eigenvalue weighted by Crippen LogP contribution is 2.48. The number of thiophene rings is 1. The molecule has 1 N–H and O–H groups in total. The number of sulfonamides is 1. The van der Waals surface area contributed by atoms with Gasteiger partial charge in [-0.05, 0) is 31.4 Å². The largest absolute Gasteiger partial charge is 0.506 e. The number of fused-ring (bicyclic) bond motifs is 1. The number of benzene rings is 1. The molecule has 6 heteroatoms. The van der Waals surface area contributed by atoms with Crippen LogP contribution < -0.4 is 4.31 Å². The van der Waals surface area contributed by atoms with Crippen LogP contribution in [0, 0.1) is 13.8 Å². The lowest BCUT2D eigenvalue weighted by Gasteiger charge is -2.27. The van der Waals surface area contributed by atoms with Crippen LogP contribution in [-0.4, -0.2) is 20.6 Å². The van der Waals surface area contributed by atoms with Crippen LogP contribution in [0.1, 0.15) is 34.1 Å². The zero-order valence-corrected chi connectivity index (χ0v) is 15.2. The molecule has 1 aromatic carbocycles. The maximum absolute atomic E-state index is 13.0. The van der Waals surface area contributed by atoms with E-state index in [1.807, 2.05) is 32.9 Å². The summed E-state index contributed by atoms with van der Waals surface area (Å²) in [7, 11) is -2.23. The van der Waals surface area contributed by atoms with Gasteiger partial charge in [0, 0.05) is 17.5 Å². The van der Waals surface area contributed by atoms with Crippen molar-refractivity contribution in [1.82, 2.24) is 0 Å². The third kappa shape index (κ3) is 2.20. The van der Waals surface area contributed by atoms with Gasteiger partial charge in [0.1, 0.15) is 15.7 Å². The molecule has 1 aliphatic heterocycles. The molecule has 4 nitrogen and oxygen atoms in total. The fourth-order valence-corrected chi connectivity index (χ4v) is 5.98. The molecule has 122 valence electrons. The molecule has 3 rings (SSSR count). The van der Waals surface area contributed by atoms with Gasteiger partial charge in [-0.2, -0.15) is 0 Å². The van der Waals surface area contributed by atoms with Crippen molar-refractivity contribution in [2.75, 3.05) is 11.4 Å². The van der Waals surface area contributed by atoms with Gasteiger partial charge in [-0.3, -0.25) is 4.31 Å². The zero-order chi connectivity index (χ0) is 16.9. The molecule has 0 unspecified atom stereocenters. The zero-order valence-electron chi connectivity index (χ0n) is 13.5. The normalized spacial score (nSPS) is 16.6. The van der Waals surface area contributed by atoms with E-state index in [4.69, 9.17) is 0 Å². The molecule has 0 spiro atoms. The van der Waals surface area contributed by atoms with Crippen LogP contribution in [0.15, 0.2) is 24.3 Å². The molecule has 0 amide bonds. The van der Waals surface area contributed by atoms with E-state index in [2.05, 4.69) is 0 Å². The predicted molar refractivity (Wildman–Crippen MR) is 96.4 cm³/mol. The number of hydrogen-bond donors (Lipinski definition) is 1. The average Bonchev–Trinajstić information content (AvgIpc) is 2.84. The fraction of sp³-hybridized carbons (Fsp3) is 0.294. The van der Waals surface area contributed by atoms with Gasteiger partial charge >= 0.3 is 0 Å². The average molecular weight is 349 g/mol. The highest BCUT2D eigenvalue weighted by molar-refractivity contribution is 8.02. The summed E-state index contributed by atoms with van der Waals surface area (Å²) >= 11 is 1.41. The van der Waals surface area contributed by atoms with Gasteiger partial charge in [0.2, 0.25) is 0 Å². The van der Waals surface area contributed by atoms with Crippen LogP contribution in [0.2, 0.25) is 0 Å². The second kappa shape index (κ2) is 5.39. The number of anilines is 1. The molecule has 0 bridgehead atoms. The monoisotopic (exact) mass is 349 g/mol. The lowest BCUT2D eigenvalue weighted by Crippen LogP contribution is -2.31. The van der Waals surface area contributed by atoms with E-state index in [0.29, 0.717) is 16.1 Å². The van der Waals surface area contributed by atoms with Crippen LogP contribution in [0.5, 0.6) is 0 Å². The van der Waals surface area contributed by atoms with Crippen molar-refractivity contribution in [3.8, 4) is 0 Å². The number of rotatable bonds is 2. The van der Waals surface area contributed by atoms with Gasteiger partial charge in [-0.15, -0.1) is 11.3 Å². The van der Waals surface area contributed by atoms with Gasteiger partial charge in [0.25, 0.3) is 10.0 Å². The number of nitrogens with zero attached hydrogens (tertiary/aromatic N) is 1. The molecule has 0 saturated heterocycles. The SMILES string of the molecule is CCc1c(C)sc2c1C(O)=C(c1ccccc1C)S(=O)(=O)N2C. The molecule has 0 atom stereocenters. The maximum atomic E-state index is 13.0. The minimum atomic E-state index is -3.78. The van der Waals surface area contributed by atoms with Crippen molar-refractivity contribution in [3.05, 3.63) is 51.4 Å². The second-order valence-corrected chi connectivity index (χ2v) is 8.74. The minimum absolute atomic E-state index is 0.00176. The summed E-state index contributed by atoms with van der Waals surface area (Å²) in [6, 6.07) is 7.23. The lowest BCUT2D eigenvalue weighted by molar-refractivity contribution is 0.512. The summed E-state index contributed by atoms with van der Waals surface area (Å²) in [4.78, 5) is 1.04. The molecule has 0 saturated carbocycles. The van der Waals surface area contributed by atoms with Crippen molar-refractivity contribution >= 4 is 37.0 Å². The van der Waals surface area contributed by atoms with Gasteiger partial charge in [-0.25, -0.2) is 8.42 Å². The van der Waals surface area contributed by atoms with E-state index >= 15 is 0 Å². The third-order valence-corrected chi connectivity index (χ3v) is 7.46. The fourth-order valence-electron chi connectivity index (χ4n) is 3.03. The quantitative estimate of drug-likeness (QED) is 0.888. The van der Waals surface area contributed by atoms with E-state index in [0.717, 1.165) is 22.4 Å². The molecular formula is C17H19NO3S2. The Kier molecular flexibility index (Phi) is 3.77. The van der Waals surface area contributed by atoms with Crippen molar-refractivity contribution in [2.45, 2.75) is 27.2 Å². The maximum Gasteiger partial charge on any atom is 0.269 e. The summed E-state index contributed by atoms with van der Waals surface area (Å²) in [6.07, 6.45) is 0.747. The van der Waals surface area contributed by atoms with Crippen LogP contribution in [-0.2, 0) is 16.4 Å². The summed E-state index contributed by atoms with van der Waals surface area (Å²) in [6.45, 7) is 5.82. The number of aryl methyl sites for hydroxylation is 2. The van der Waals surface area contributed by atoms with Gasteiger partial charge < -0.3 is 5.11 Å². The first-order chi connectivity index (χ1) is 10.8. The molecular weight excluding hydrogens is 330 g/mol. The Morgan fingerprint density at radius 2 is 1.87 bits per heavy atom. The summed E-state index contributed by atoms with van der Waals surface area (Å²) in [5.74, 6) is -0.131. The van der Waals surface area contributed by atoms with Crippen LogP contribution >= 0.6 is 11.3 Å². The van der Waals surface area contributed by atoms with Crippen LogP contribution in [0.3, 0.4) is 0 Å². The molecule has 2 heterocycles. The van der Waals surface area contributed by atoms with Crippen LogP contribution in [0.25, 0.3) is 10.7 Å². The van der Waals surface area contributed by atoms with E-state index < -0.39 is 10.0 Å². The van der Waals surface area contributed by atoms with E-state index in [9.17, 15) is 13.5 Å². The molecule has 0 fully saturated rings. The van der Waals surface area contributed by atoms with E-state index in [-0.39, 0.29) is 10.7 Å². The van der Waals surface area contributed by atoms with Gasteiger partial charge in [0.15, 0.2) is 0 Å². The highest BCUT2D eigenvalue weighted by Gasteiger charge is 2.39. The van der Waals surface area contributed by atoms with Crippen LogP contribution in [0.4, 0.5) is 5.00 Å². The first-order valence-corrected chi connectivity index (χ1v) is 9.67. The number of hydrogen-bond acceptors (Lipinski definition) is 4. The van der Waals surface area contributed by atoms with E-state index in [1.54, 1.807) is 19.2 Å². The Morgan fingerprint density at radius 1 is 1.22 bits per heavy atom. The smallest absolute Gasteiger partial charge is 0.269 e. The standard InChI is InChI=1S/C17H19NO3S2/c1-5-12-11(3)22-17-14(12)15(19)16(23(20,21)18(17)4)13-9-7-6-8-10(13)2/h6-9,19H,5H2,1-4H3. The minimum Gasteiger partial charge on any atom is -0.506 e. The third-order valence-electron chi connectivity index (χ3n) is 4.29. The Morgan fingerprint density at radius 3 is 2.48 bits per heavy atom. The van der Waals surface area contributed by atoms with Gasteiger partial charge in [0.05, 0.1) is 5.56 Å². The molecule has 1 aromatic heterocycles. The number of aliphatic hydroxyl groups is 1. The summed E-state index contributed by atoms with van der Waals surface area (Å²) in [5.41, 5.74) is 3.04. The van der Waals surface area contributed by atoms with Crippen molar-refractivity contribution < 1.29 is 13.5 Å². The topological polar surface area (TPSA) is 57.6 Å². The predicted octanol–water partition coefficient (Wildman–Crippen LogP) is 4.09. The lowest BCUT2D eigenvalue weighted by atomic mass is 10.0. The Balaban J connectivity index is 2.43. The first-order valence-electron chi connectivity index (χ1n) is 7.41. The first kappa shape index (κ1) is 16.1. The molecule has 1 aliphatic rings. The summed E-state index contributed by atoms with van der Waals surface area (Å²) < 4.78 is 27.2. The van der Waals surface area contributed by atoms with Crippen molar-refractivity contribution in [3.63, 3.8) is 0 Å². The molecule has 0 radical (unpaired) electrons. The van der Waals surface area contributed by atoms with E-state index in [1.165, 1.54) is 15.6 Å². The Hall–Kier alpha value is -1.79. The Bertz CT molecular complexity index is 923. The number of aliphatic hydroxyl groups excluding tert-OH is 1. The Labute approximate surface area is 140 Å². The summed E-state index contributed by atoms with van der Waals surface area (Å²) in [5, 5.41) is 11.4. The highest BCUT2D eigenvalue weighted by atomic mass is 32.2. The second-order valence-electron chi connectivity index (χ2n) is 5.64.